The van der Waals surface area contributed by atoms with Gasteiger partial charge < -0.3 is 15.0 Å². The molecule has 0 radical (unpaired) electrons. The van der Waals surface area contributed by atoms with E-state index in [2.05, 4.69) is 15.0 Å². The molecule has 0 unspecified atom stereocenters. The van der Waals surface area contributed by atoms with E-state index in [-0.39, 0.29) is 29.8 Å². The molecule has 0 spiro atoms. The smallest absolute Gasteiger partial charge is 0.406 e. The Kier molecular flexibility index (Phi) is 8.61. The van der Waals surface area contributed by atoms with Crippen LogP contribution in [0.15, 0.2) is 42.5 Å². The van der Waals surface area contributed by atoms with Gasteiger partial charge in [0.1, 0.15) is 5.75 Å². The van der Waals surface area contributed by atoms with E-state index < -0.39 is 29.9 Å². The Balaban J connectivity index is 0.00000408. The Morgan fingerprint density at radius 2 is 1.76 bits per heavy atom. The second kappa shape index (κ2) is 10.7. The topological polar surface area (TPSA) is 57.7 Å². The lowest BCUT2D eigenvalue weighted by atomic mass is 10.2. The monoisotopic (exact) mass is 528 g/mol. The van der Waals surface area contributed by atoms with Gasteiger partial charge in [-0.05, 0) is 44.4 Å². The lowest BCUT2D eigenvalue weighted by molar-refractivity contribution is -0.274. The summed E-state index contributed by atoms with van der Waals surface area (Å²) in [5.74, 6) is -0.432. The lowest BCUT2D eigenvalue weighted by Crippen LogP contribution is -2.39. The van der Waals surface area contributed by atoms with Crippen molar-refractivity contribution in [3.05, 3.63) is 48.0 Å². The van der Waals surface area contributed by atoms with E-state index in [9.17, 15) is 31.1 Å². The number of ether oxygens (including phenoxy) is 1. The molecule has 0 fully saturated rings. The molecule has 3 aromatic rings. The number of alkyl halides is 6. The van der Waals surface area contributed by atoms with Crippen molar-refractivity contribution in [1.29, 1.82) is 0 Å². The fourth-order valence-corrected chi connectivity index (χ4v) is 3.77. The predicted octanol–water partition coefficient (Wildman–Crippen LogP) is 6.24. The van der Waals surface area contributed by atoms with Gasteiger partial charge >= 0.3 is 18.6 Å². The average molecular weight is 529 g/mol. The third-order valence-electron chi connectivity index (χ3n) is 4.27. The largest absolute Gasteiger partial charge is 0.573 e. The molecule has 1 heterocycles. The minimum absolute atomic E-state index is 0. The van der Waals surface area contributed by atoms with Crippen LogP contribution in [0.4, 0.5) is 42.0 Å². The summed E-state index contributed by atoms with van der Waals surface area (Å²) >= 11 is 0.952. The molecule has 0 aliphatic rings. The second-order valence-corrected chi connectivity index (χ2v) is 8.15. The molecule has 2 amide bonds. The number of likely N-dealkylation sites (N-methyl/N-ethyl adjacent to an activating group) is 1. The molecule has 14 heteroatoms. The lowest BCUT2D eigenvalue weighted by Gasteiger charge is -2.22. The van der Waals surface area contributed by atoms with E-state index in [4.69, 9.17) is 0 Å². The van der Waals surface area contributed by atoms with E-state index >= 15 is 0 Å². The molecular formula is C20H19ClF6N4O2S. The van der Waals surface area contributed by atoms with Gasteiger partial charge in [0.15, 0.2) is 5.13 Å². The maximum absolute atomic E-state index is 13.0. The fraction of sp³-hybridized carbons (Fsp3) is 0.300. The Hall–Kier alpha value is -2.77. The van der Waals surface area contributed by atoms with Crippen LogP contribution in [0.1, 0.15) is 5.56 Å². The molecule has 186 valence electrons. The van der Waals surface area contributed by atoms with Gasteiger partial charge in [-0.1, -0.05) is 17.4 Å². The number of hydrogen-bond donors (Lipinski definition) is 1. The molecule has 1 N–H and O–H groups in total. The second-order valence-electron chi connectivity index (χ2n) is 7.14. The molecule has 0 aliphatic carbocycles. The van der Waals surface area contributed by atoms with Crippen LogP contribution in [0.5, 0.6) is 5.75 Å². The number of benzene rings is 2. The Morgan fingerprint density at radius 1 is 1.06 bits per heavy atom. The minimum atomic E-state index is -4.86. The van der Waals surface area contributed by atoms with Crippen LogP contribution in [0.3, 0.4) is 0 Å². The summed E-state index contributed by atoms with van der Waals surface area (Å²) < 4.78 is 80.7. The Bertz CT molecular complexity index is 1140. The zero-order valence-electron chi connectivity index (χ0n) is 17.7. The standard InChI is InChI=1S/C20H18F6N4O2S.ClH/c1-29(2)8-9-30(17(31)27-13-5-3-4-12(10-13)19(21,22)23)18-28-15-7-6-14(11-16(15)33-18)32-20(24,25)26;/h3-7,10-11H,8-9H2,1-2H3,(H,27,31);1H. The molecule has 0 saturated heterocycles. The van der Waals surface area contributed by atoms with Gasteiger partial charge in [-0.3, -0.25) is 4.90 Å². The van der Waals surface area contributed by atoms with Gasteiger partial charge in [0.25, 0.3) is 0 Å². The first-order valence-electron chi connectivity index (χ1n) is 9.39. The van der Waals surface area contributed by atoms with E-state index in [0.717, 1.165) is 35.6 Å². The summed E-state index contributed by atoms with van der Waals surface area (Å²) in [5, 5.41) is 2.59. The normalized spacial score (nSPS) is 11.9. The van der Waals surface area contributed by atoms with Crippen molar-refractivity contribution in [1.82, 2.24) is 9.88 Å². The number of nitrogens with zero attached hydrogens (tertiary/aromatic N) is 3. The first-order chi connectivity index (χ1) is 15.3. The van der Waals surface area contributed by atoms with Crippen LogP contribution in [0, 0.1) is 0 Å². The highest BCUT2D eigenvalue weighted by molar-refractivity contribution is 7.22. The van der Waals surface area contributed by atoms with Crippen LogP contribution in [-0.2, 0) is 6.18 Å². The Morgan fingerprint density at radius 3 is 2.38 bits per heavy atom. The molecule has 0 saturated carbocycles. The first-order valence-corrected chi connectivity index (χ1v) is 10.2. The van der Waals surface area contributed by atoms with Crippen LogP contribution in [0.2, 0.25) is 0 Å². The number of carbonyl (C=O) groups is 1. The average Bonchev–Trinajstić information content (AvgIpc) is 3.09. The number of rotatable bonds is 6. The minimum Gasteiger partial charge on any atom is -0.406 e. The molecule has 34 heavy (non-hydrogen) atoms. The zero-order chi connectivity index (χ0) is 24.4. The number of nitrogens with one attached hydrogen (secondary N) is 1. The molecule has 0 atom stereocenters. The number of halogens is 7. The van der Waals surface area contributed by atoms with Gasteiger partial charge in [0.05, 0.1) is 15.8 Å². The maximum Gasteiger partial charge on any atom is 0.573 e. The van der Waals surface area contributed by atoms with Gasteiger partial charge in [0.2, 0.25) is 0 Å². The molecule has 1 aromatic heterocycles. The molecule has 6 nitrogen and oxygen atoms in total. The van der Waals surface area contributed by atoms with Crippen LogP contribution < -0.4 is 15.0 Å². The first kappa shape index (κ1) is 27.5. The van der Waals surface area contributed by atoms with Crippen molar-refractivity contribution in [2.45, 2.75) is 12.5 Å². The highest BCUT2D eigenvalue weighted by Crippen LogP contribution is 2.34. The summed E-state index contributed by atoms with van der Waals surface area (Å²) in [6.07, 6.45) is -9.43. The summed E-state index contributed by atoms with van der Waals surface area (Å²) in [7, 11) is 3.53. The summed E-state index contributed by atoms with van der Waals surface area (Å²) in [6, 6.07) is 7.02. The Labute approximate surface area is 200 Å². The number of carbonyl (C=O) groups excluding carboxylic acids is 1. The van der Waals surface area contributed by atoms with Gasteiger partial charge in [-0.15, -0.1) is 25.6 Å². The molecule has 3 rings (SSSR count). The predicted molar refractivity (Wildman–Crippen MR) is 120 cm³/mol. The summed E-state index contributed by atoms with van der Waals surface area (Å²) in [6.45, 7) is 0.526. The van der Waals surface area contributed by atoms with Crippen molar-refractivity contribution in [3.8, 4) is 5.75 Å². The van der Waals surface area contributed by atoms with E-state index in [0.29, 0.717) is 16.8 Å². The van der Waals surface area contributed by atoms with Crippen LogP contribution >= 0.6 is 23.7 Å². The van der Waals surface area contributed by atoms with Crippen molar-refractivity contribution < 1.29 is 35.9 Å². The number of anilines is 2. The molecule has 2 aromatic carbocycles. The SMILES string of the molecule is CN(C)CCN(C(=O)Nc1cccc(C(F)(F)F)c1)c1nc2ccc(OC(F)(F)F)cc2s1.Cl. The number of hydrogen-bond acceptors (Lipinski definition) is 5. The third-order valence-corrected chi connectivity index (χ3v) is 5.31. The highest BCUT2D eigenvalue weighted by atomic mass is 35.5. The van der Waals surface area contributed by atoms with Crippen molar-refractivity contribution >= 4 is 50.8 Å². The van der Waals surface area contributed by atoms with E-state index in [1.807, 2.05) is 0 Å². The van der Waals surface area contributed by atoms with Crippen molar-refractivity contribution in [2.24, 2.45) is 0 Å². The summed E-state index contributed by atoms with van der Waals surface area (Å²) in [5.41, 5.74) is -0.643. The molecule has 0 bridgehead atoms. The quantitative estimate of drug-likeness (QED) is 0.385. The number of fused-ring (bicyclic) bond motifs is 1. The molecule has 0 aliphatic heterocycles. The third kappa shape index (κ3) is 7.37. The highest BCUT2D eigenvalue weighted by Gasteiger charge is 2.32. The van der Waals surface area contributed by atoms with E-state index in [1.165, 1.54) is 23.1 Å². The van der Waals surface area contributed by atoms with Gasteiger partial charge in [0, 0.05) is 24.8 Å². The van der Waals surface area contributed by atoms with Gasteiger partial charge in [-0.2, -0.15) is 13.2 Å². The maximum atomic E-state index is 13.0. The zero-order valence-corrected chi connectivity index (χ0v) is 19.3. The fourth-order valence-electron chi connectivity index (χ4n) is 2.75. The van der Waals surface area contributed by atoms with Crippen LogP contribution in [-0.4, -0.2) is 49.5 Å². The van der Waals surface area contributed by atoms with Crippen molar-refractivity contribution in [2.75, 3.05) is 37.4 Å². The number of amides is 2. The van der Waals surface area contributed by atoms with Crippen LogP contribution in [0.25, 0.3) is 10.2 Å². The van der Waals surface area contributed by atoms with Crippen molar-refractivity contribution in [3.63, 3.8) is 0 Å². The number of aromatic nitrogens is 1. The molecular weight excluding hydrogens is 510 g/mol. The number of urea groups is 1. The summed E-state index contributed by atoms with van der Waals surface area (Å²) in [4.78, 5) is 20.2. The van der Waals surface area contributed by atoms with Gasteiger partial charge in [-0.25, -0.2) is 9.78 Å². The number of thiazole rings is 1. The van der Waals surface area contributed by atoms with E-state index in [1.54, 1.807) is 19.0 Å².